The van der Waals surface area contributed by atoms with Crippen molar-refractivity contribution in [2.75, 3.05) is 0 Å². The smallest absolute Gasteiger partial charge is 0.220 e. The predicted molar refractivity (Wildman–Crippen MR) is 71.7 cm³/mol. The second kappa shape index (κ2) is 6.76. The quantitative estimate of drug-likeness (QED) is 0.785. The van der Waals surface area contributed by atoms with Crippen LogP contribution < -0.4 is 11.1 Å². The van der Waals surface area contributed by atoms with Crippen LogP contribution in [0.4, 0.5) is 0 Å². The first kappa shape index (κ1) is 15.0. The molecule has 1 aliphatic carbocycles. The van der Waals surface area contributed by atoms with Gasteiger partial charge in [-0.25, -0.2) is 0 Å². The van der Waals surface area contributed by atoms with Crippen LogP contribution in [0.2, 0.25) is 0 Å². The molecule has 0 saturated heterocycles. The summed E-state index contributed by atoms with van der Waals surface area (Å²) in [4.78, 5) is 22.4. The minimum atomic E-state index is -0.414. The van der Waals surface area contributed by atoms with Crippen LogP contribution in [0.3, 0.4) is 0 Å². The average Bonchev–Trinajstić information content (AvgIpc) is 2.26. The molecule has 0 radical (unpaired) electrons. The number of hydrogen-bond donors (Lipinski definition) is 2. The van der Waals surface area contributed by atoms with Gasteiger partial charge in [-0.2, -0.15) is 0 Å². The van der Waals surface area contributed by atoms with Crippen LogP contribution in [0.5, 0.6) is 0 Å². The summed E-state index contributed by atoms with van der Waals surface area (Å²) < 4.78 is 0. The number of carbonyl (C=O) groups is 2. The summed E-state index contributed by atoms with van der Waals surface area (Å²) >= 11 is 0. The van der Waals surface area contributed by atoms with Crippen LogP contribution in [-0.2, 0) is 9.59 Å². The van der Waals surface area contributed by atoms with Crippen LogP contribution in [0.25, 0.3) is 0 Å². The maximum atomic E-state index is 11.8. The van der Waals surface area contributed by atoms with Crippen molar-refractivity contribution in [2.45, 2.75) is 58.9 Å². The van der Waals surface area contributed by atoms with Gasteiger partial charge in [0.25, 0.3) is 0 Å². The lowest BCUT2D eigenvalue weighted by atomic mass is 9.74. The summed E-state index contributed by atoms with van der Waals surface area (Å²) in [5.41, 5.74) is 5.05. The maximum absolute atomic E-state index is 11.8. The summed E-state index contributed by atoms with van der Waals surface area (Å²) in [6.45, 7) is 6.66. The molecule has 2 amide bonds. The van der Waals surface area contributed by atoms with Gasteiger partial charge in [0, 0.05) is 18.9 Å². The molecule has 0 spiro atoms. The number of carbonyl (C=O) groups excluding carboxylic acids is 2. The van der Waals surface area contributed by atoms with Crippen LogP contribution in [0.15, 0.2) is 0 Å². The molecular formula is C14H26N2O2. The number of rotatable bonds is 5. The Morgan fingerprint density at radius 1 is 1.28 bits per heavy atom. The van der Waals surface area contributed by atoms with Crippen molar-refractivity contribution in [1.82, 2.24) is 5.32 Å². The number of nitrogens with one attached hydrogen (secondary N) is 1. The molecule has 1 saturated carbocycles. The number of amides is 2. The summed E-state index contributed by atoms with van der Waals surface area (Å²) in [6.07, 6.45) is 3.83. The molecule has 0 aliphatic heterocycles. The van der Waals surface area contributed by atoms with E-state index < -0.39 is 5.91 Å². The van der Waals surface area contributed by atoms with E-state index in [0.29, 0.717) is 17.8 Å². The Hall–Kier alpha value is -1.06. The van der Waals surface area contributed by atoms with Crippen LogP contribution in [0.1, 0.15) is 52.9 Å². The number of primary amides is 1. The van der Waals surface area contributed by atoms with E-state index in [0.717, 1.165) is 6.42 Å². The van der Waals surface area contributed by atoms with Crippen LogP contribution >= 0.6 is 0 Å². The molecule has 0 aromatic carbocycles. The molecule has 1 fully saturated rings. The Morgan fingerprint density at radius 3 is 2.50 bits per heavy atom. The standard InChI is InChI=1S/C14H26N2O2/c1-9(2)11-5-4-10(3)8-12(11)16-14(18)7-6-13(15)17/h9-12H,4-8H2,1-3H3,(H2,15,17)(H,16,18). The van der Waals surface area contributed by atoms with E-state index in [1.807, 2.05) is 0 Å². The Labute approximate surface area is 110 Å². The molecule has 18 heavy (non-hydrogen) atoms. The van der Waals surface area contributed by atoms with Crippen molar-refractivity contribution >= 4 is 11.8 Å². The van der Waals surface area contributed by atoms with Gasteiger partial charge in [-0.05, 0) is 30.6 Å². The van der Waals surface area contributed by atoms with Gasteiger partial charge >= 0.3 is 0 Å². The Kier molecular flexibility index (Phi) is 5.63. The Bertz CT molecular complexity index is 302. The SMILES string of the molecule is CC1CCC(C(C)C)C(NC(=O)CCC(N)=O)C1. The third-order valence-electron chi connectivity index (χ3n) is 3.97. The summed E-state index contributed by atoms with van der Waals surface area (Å²) in [5.74, 6) is 1.35. The van der Waals surface area contributed by atoms with Gasteiger partial charge in [0.05, 0.1) is 0 Å². The third-order valence-corrected chi connectivity index (χ3v) is 3.97. The monoisotopic (exact) mass is 254 g/mol. The molecular weight excluding hydrogens is 228 g/mol. The van der Waals surface area contributed by atoms with E-state index in [2.05, 4.69) is 26.1 Å². The molecule has 3 unspecified atom stereocenters. The lowest BCUT2D eigenvalue weighted by molar-refractivity contribution is -0.126. The molecule has 0 aromatic heterocycles. The van der Waals surface area contributed by atoms with Crippen molar-refractivity contribution < 1.29 is 9.59 Å². The lowest BCUT2D eigenvalue weighted by Gasteiger charge is -2.37. The first-order valence-corrected chi connectivity index (χ1v) is 6.97. The molecule has 0 bridgehead atoms. The van der Waals surface area contributed by atoms with Gasteiger partial charge in [-0.15, -0.1) is 0 Å². The highest BCUT2D eigenvalue weighted by Crippen LogP contribution is 2.33. The van der Waals surface area contributed by atoms with E-state index in [4.69, 9.17) is 5.73 Å². The van der Waals surface area contributed by atoms with Gasteiger partial charge in [0.1, 0.15) is 0 Å². The van der Waals surface area contributed by atoms with E-state index in [9.17, 15) is 9.59 Å². The minimum absolute atomic E-state index is 0.0430. The van der Waals surface area contributed by atoms with E-state index >= 15 is 0 Å². The fourth-order valence-corrected chi connectivity index (χ4v) is 2.88. The number of hydrogen-bond acceptors (Lipinski definition) is 2. The second-order valence-corrected chi connectivity index (χ2v) is 5.97. The lowest BCUT2D eigenvalue weighted by Crippen LogP contribution is -2.45. The summed E-state index contributed by atoms with van der Waals surface area (Å²) in [5, 5.41) is 3.09. The number of nitrogens with two attached hydrogens (primary N) is 1. The van der Waals surface area contributed by atoms with E-state index in [-0.39, 0.29) is 24.8 Å². The highest BCUT2D eigenvalue weighted by Gasteiger charge is 2.31. The Morgan fingerprint density at radius 2 is 1.94 bits per heavy atom. The maximum Gasteiger partial charge on any atom is 0.220 e. The van der Waals surface area contributed by atoms with Crippen molar-refractivity contribution in [1.29, 1.82) is 0 Å². The predicted octanol–water partition coefficient (Wildman–Crippen LogP) is 1.83. The molecule has 0 heterocycles. The van der Waals surface area contributed by atoms with E-state index in [1.54, 1.807) is 0 Å². The highest BCUT2D eigenvalue weighted by molar-refractivity contribution is 5.82. The average molecular weight is 254 g/mol. The first-order valence-electron chi connectivity index (χ1n) is 6.97. The zero-order valence-electron chi connectivity index (χ0n) is 11.7. The molecule has 3 atom stereocenters. The molecule has 0 aromatic rings. The van der Waals surface area contributed by atoms with Gasteiger partial charge in [-0.3, -0.25) is 9.59 Å². The van der Waals surface area contributed by atoms with E-state index in [1.165, 1.54) is 12.8 Å². The van der Waals surface area contributed by atoms with Gasteiger partial charge < -0.3 is 11.1 Å². The van der Waals surface area contributed by atoms with Gasteiger partial charge in [0.15, 0.2) is 0 Å². The van der Waals surface area contributed by atoms with Crippen LogP contribution in [0, 0.1) is 17.8 Å². The Balaban J connectivity index is 2.49. The van der Waals surface area contributed by atoms with Gasteiger partial charge in [0.2, 0.25) is 11.8 Å². The van der Waals surface area contributed by atoms with Crippen molar-refractivity contribution in [3.63, 3.8) is 0 Å². The van der Waals surface area contributed by atoms with Crippen molar-refractivity contribution in [2.24, 2.45) is 23.5 Å². The second-order valence-electron chi connectivity index (χ2n) is 5.97. The van der Waals surface area contributed by atoms with Crippen LogP contribution in [-0.4, -0.2) is 17.9 Å². The zero-order chi connectivity index (χ0) is 13.7. The fraction of sp³-hybridized carbons (Fsp3) is 0.857. The van der Waals surface area contributed by atoms with Gasteiger partial charge in [-0.1, -0.05) is 27.2 Å². The fourth-order valence-electron chi connectivity index (χ4n) is 2.88. The molecule has 4 nitrogen and oxygen atoms in total. The largest absolute Gasteiger partial charge is 0.370 e. The minimum Gasteiger partial charge on any atom is -0.370 e. The van der Waals surface area contributed by atoms with Crippen molar-refractivity contribution in [3.8, 4) is 0 Å². The van der Waals surface area contributed by atoms with Crippen molar-refractivity contribution in [3.05, 3.63) is 0 Å². The normalized spacial score (nSPS) is 28.1. The molecule has 4 heteroatoms. The molecule has 3 N–H and O–H groups in total. The first-order chi connectivity index (χ1) is 8.40. The highest BCUT2D eigenvalue weighted by atomic mass is 16.2. The zero-order valence-corrected chi connectivity index (χ0v) is 11.7. The topological polar surface area (TPSA) is 72.2 Å². The summed E-state index contributed by atoms with van der Waals surface area (Å²) in [7, 11) is 0. The third kappa shape index (κ3) is 4.67. The molecule has 1 rings (SSSR count). The molecule has 104 valence electrons. The summed E-state index contributed by atoms with van der Waals surface area (Å²) in [6, 6.07) is 0.258. The molecule has 1 aliphatic rings.